The molecule has 4 N–H and O–H groups in total. The molecular formula is C14H20N5O2+. The van der Waals surface area contributed by atoms with E-state index in [9.17, 15) is 10.2 Å². The van der Waals surface area contributed by atoms with E-state index in [1.807, 2.05) is 41.7 Å². The number of aliphatic hydroxyl groups is 2. The molecule has 0 radical (unpaired) electrons. The fourth-order valence-electron chi connectivity index (χ4n) is 3.11. The van der Waals surface area contributed by atoms with E-state index >= 15 is 0 Å². The number of nitrogens with two attached hydrogens (primary N) is 1. The monoisotopic (exact) mass is 290 g/mol. The van der Waals surface area contributed by atoms with Crippen LogP contribution in [0, 0.1) is 5.92 Å². The van der Waals surface area contributed by atoms with Gasteiger partial charge in [-0.25, -0.2) is 14.5 Å². The zero-order valence-electron chi connectivity index (χ0n) is 12.1. The number of nitrogens with zero attached hydrogens (tertiary/aromatic N) is 4. The van der Waals surface area contributed by atoms with Gasteiger partial charge in [0, 0.05) is 6.20 Å². The lowest BCUT2D eigenvalue weighted by molar-refractivity contribution is -0.462. The van der Waals surface area contributed by atoms with Gasteiger partial charge < -0.3 is 20.5 Å². The highest BCUT2D eigenvalue weighted by molar-refractivity contribution is 5.86. The largest absolute Gasteiger partial charge is 0.389 e. The first-order chi connectivity index (χ1) is 9.99. The highest BCUT2D eigenvalue weighted by atomic mass is 16.3. The average molecular weight is 290 g/mol. The quantitative estimate of drug-likeness (QED) is 0.518. The minimum Gasteiger partial charge on any atom is -0.389 e. The van der Waals surface area contributed by atoms with Crippen LogP contribution in [-0.4, -0.2) is 61.8 Å². The van der Waals surface area contributed by atoms with Crippen LogP contribution in [0.5, 0.6) is 0 Å². The number of fused-ring (bicyclic) bond motifs is 1. The van der Waals surface area contributed by atoms with Crippen molar-refractivity contribution in [2.75, 3.05) is 19.8 Å². The Labute approximate surface area is 122 Å². The van der Waals surface area contributed by atoms with E-state index in [1.54, 1.807) is 0 Å². The fourth-order valence-corrected chi connectivity index (χ4v) is 3.11. The zero-order valence-corrected chi connectivity index (χ0v) is 12.1. The van der Waals surface area contributed by atoms with Gasteiger partial charge in [-0.1, -0.05) is 0 Å². The van der Waals surface area contributed by atoms with Crippen molar-refractivity contribution in [1.29, 1.82) is 0 Å². The first kappa shape index (κ1) is 14.0. The van der Waals surface area contributed by atoms with Crippen molar-refractivity contribution in [1.82, 2.24) is 14.5 Å². The lowest BCUT2D eigenvalue weighted by Gasteiger charge is -2.18. The van der Waals surface area contributed by atoms with Crippen molar-refractivity contribution in [3.63, 3.8) is 0 Å². The van der Waals surface area contributed by atoms with E-state index in [-0.39, 0.29) is 12.0 Å². The standard InChI is InChI=1S/C14H20N5O2/c1-18(2)6-8-5-10(12(21)11(8)20)19-4-3-9-13(15)16-7-17-14(9)19/h3-4,6-8,10-12,20-21H,5H2,1-2H3,(H2,15,16,17)/q+1. The van der Waals surface area contributed by atoms with Crippen molar-refractivity contribution in [3.05, 3.63) is 18.6 Å². The predicted molar refractivity (Wildman–Crippen MR) is 79.3 cm³/mol. The van der Waals surface area contributed by atoms with Gasteiger partial charge in [0.15, 0.2) is 0 Å². The van der Waals surface area contributed by atoms with Crippen LogP contribution < -0.4 is 5.73 Å². The van der Waals surface area contributed by atoms with Gasteiger partial charge in [0.1, 0.15) is 44.2 Å². The molecule has 1 aliphatic rings. The molecule has 3 rings (SSSR count). The lowest BCUT2D eigenvalue weighted by Crippen LogP contribution is -2.30. The molecule has 0 aromatic carbocycles. The van der Waals surface area contributed by atoms with E-state index in [0.717, 1.165) is 5.39 Å². The Bertz CT molecular complexity index is 692. The number of aromatic nitrogens is 3. The second-order valence-corrected chi connectivity index (χ2v) is 5.78. The van der Waals surface area contributed by atoms with Crippen LogP contribution in [0.15, 0.2) is 18.6 Å². The maximum absolute atomic E-state index is 10.4. The molecule has 7 nitrogen and oxygen atoms in total. The van der Waals surface area contributed by atoms with Crippen LogP contribution in [0.4, 0.5) is 5.82 Å². The maximum Gasteiger partial charge on any atom is 0.145 e. The summed E-state index contributed by atoms with van der Waals surface area (Å²) < 4.78 is 3.78. The van der Waals surface area contributed by atoms with Crippen LogP contribution in [0.25, 0.3) is 11.0 Å². The summed E-state index contributed by atoms with van der Waals surface area (Å²) in [5, 5.41) is 21.3. The van der Waals surface area contributed by atoms with Gasteiger partial charge in [0.05, 0.1) is 23.4 Å². The van der Waals surface area contributed by atoms with Crippen molar-refractivity contribution >= 4 is 23.1 Å². The van der Waals surface area contributed by atoms with Crippen LogP contribution in [0.3, 0.4) is 0 Å². The first-order valence-corrected chi connectivity index (χ1v) is 6.93. The summed E-state index contributed by atoms with van der Waals surface area (Å²) in [7, 11) is 3.82. The van der Waals surface area contributed by atoms with Gasteiger partial charge in [-0.05, 0) is 12.5 Å². The van der Waals surface area contributed by atoms with Crippen molar-refractivity contribution in [2.24, 2.45) is 5.92 Å². The van der Waals surface area contributed by atoms with Crippen molar-refractivity contribution in [3.8, 4) is 0 Å². The third kappa shape index (κ3) is 2.28. The Balaban J connectivity index is 2.00. The minimum atomic E-state index is -0.835. The summed E-state index contributed by atoms with van der Waals surface area (Å²) in [5.74, 6) is 0.333. The number of aliphatic hydroxyl groups excluding tert-OH is 2. The maximum atomic E-state index is 10.4. The molecule has 0 amide bonds. The van der Waals surface area contributed by atoms with E-state index in [0.29, 0.717) is 17.9 Å². The molecule has 0 bridgehead atoms. The molecule has 2 heterocycles. The molecule has 21 heavy (non-hydrogen) atoms. The van der Waals surface area contributed by atoms with E-state index in [1.165, 1.54) is 6.33 Å². The minimum absolute atomic E-state index is 0.0864. The Morgan fingerprint density at radius 2 is 2.10 bits per heavy atom. The van der Waals surface area contributed by atoms with Gasteiger partial charge in [-0.3, -0.25) is 0 Å². The number of hydrogen-bond acceptors (Lipinski definition) is 5. The molecule has 1 fully saturated rings. The second kappa shape index (κ2) is 5.09. The van der Waals surface area contributed by atoms with Crippen molar-refractivity contribution in [2.45, 2.75) is 24.7 Å². The van der Waals surface area contributed by atoms with E-state index < -0.39 is 12.2 Å². The lowest BCUT2D eigenvalue weighted by atomic mass is 10.1. The molecule has 4 unspecified atom stereocenters. The topological polar surface area (TPSA) is 100 Å². The molecule has 0 saturated heterocycles. The van der Waals surface area contributed by atoms with Crippen LogP contribution in [0.2, 0.25) is 0 Å². The second-order valence-electron chi connectivity index (χ2n) is 5.78. The average Bonchev–Trinajstić information content (AvgIpc) is 2.96. The van der Waals surface area contributed by atoms with Gasteiger partial charge in [0.2, 0.25) is 0 Å². The molecular weight excluding hydrogens is 270 g/mol. The third-order valence-electron chi connectivity index (χ3n) is 4.08. The van der Waals surface area contributed by atoms with Gasteiger partial charge in [-0.15, -0.1) is 0 Å². The highest BCUT2D eigenvalue weighted by Gasteiger charge is 2.43. The Morgan fingerprint density at radius 1 is 1.33 bits per heavy atom. The molecule has 1 aliphatic carbocycles. The Kier molecular flexibility index (Phi) is 3.38. The molecule has 1 saturated carbocycles. The summed E-state index contributed by atoms with van der Waals surface area (Å²) in [5.41, 5.74) is 6.52. The first-order valence-electron chi connectivity index (χ1n) is 6.93. The molecule has 7 heteroatoms. The summed E-state index contributed by atoms with van der Waals surface area (Å²) in [6.07, 6.45) is 4.22. The van der Waals surface area contributed by atoms with Crippen molar-refractivity contribution < 1.29 is 14.8 Å². The van der Waals surface area contributed by atoms with E-state index in [2.05, 4.69) is 9.97 Å². The summed E-state index contributed by atoms with van der Waals surface area (Å²) in [6, 6.07) is 1.61. The summed E-state index contributed by atoms with van der Waals surface area (Å²) in [4.78, 5) is 8.21. The van der Waals surface area contributed by atoms with Crippen LogP contribution in [0.1, 0.15) is 12.5 Å². The SMILES string of the molecule is C[N+](C)=CC1CC(n2ccc3c(N)ncnc32)C(O)C1O. The third-order valence-corrected chi connectivity index (χ3v) is 4.08. The van der Waals surface area contributed by atoms with Crippen LogP contribution >= 0.6 is 0 Å². The normalized spacial score (nSPS) is 29.0. The number of rotatable bonds is 2. The molecule has 2 aromatic heterocycles. The summed E-state index contributed by atoms with van der Waals surface area (Å²) >= 11 is 0. The highest BCUT2D eigenvalue weighted by Crippen LogP contribution is 2.36. The van der Waals surface area contributed by atoms with Crippen LogP contribution in [-0.2, 0) is 0 Å². The number of nitrogen functional groups attached to an aromatic ring is 1. The molecule has 2 aromatic rings. The Morgan fingerprint density at radius 3 is 2.81 bits per heavy atom. The predicted octanol–water partition coefficient (Wildman–Crippen LogP) is -0.361. The van der Waals surface area contributed by atoms with Gasteiger partial charge in [-0.2, -0.15) is 0 Å². The molecule has 112 valence electrons. The molecule has 0 spiro atoms. The zero-order chi connectivity index (χ0) is 15.1. The van der Waals surface area contributed by atoms with E-state index in [4.69, 9.17) is 5.73 Å². The van der Waals surface area contributed by atoms with Gasteiger partial charge in [0.25, 0.3) is 0 Å². The van der Waals surface area contributed by atoms with Gasteiger partial charge >= 0.3 is 0 Å². The Hall–Kier alpha value is -1.99. The molecule has 0 aliphatic heterocycles. The smallest absolute Gasteiger partial charge is 0.145 e. The molecule has 4 atom stereocenters. The number of hydrogen-bond donors (Lipinski definition) is 3. The number of anilines is 1. The summed E-state index contributed by atoms with van der Waals surface area (Å²) in [6.45, 7) is 0. The fraction of sp³-hybridized carbons (Fsp3) is 0.500.